The summed E-state index contributed by atoms with van der Waals surface area (Å²) in [5, 5.41) is 13.3. The van der Waals surface area contributed by atoms with Crippen molar-refractivity contribution < 1.29 is 0 Å². The van der Waals surface area contributed by atoms with Gasteiger partial charge in [0.15, 0.2) is 5.82 Å². The lowest BCUT2D eigenvalue weighted by Crippen LogP contribution is -2.03. The number of hydrogen-bond acceptors (Lipinski definition) is 6. The summed E-state index contributed by atoms with van der Waals surface area (Å²) in [4.78, 5) is 5.76. The molecule has 132 valence electrons. The molecule has 0 saturated heterocycles. The lowest BCUT2D eigenvalue weighted by molar-refractivity contribution is 0.557. The van der Waals surface area contributed by atoms with Gasteiger partial charge in [0.05, 0.1) is 0 Å². The molecule has 0 unspecified atom stereocenters. The number of tetrazole rings is 1. The van der Waals surface area contributed by atoms with Crippen molar-refractivity contribution in [2.24, 2.45) is 0 Å². The normalized spacial score (nSPS) is 11.3. The van der Waals surface area contributed by atoms with E-state index in [4.69, 9.17) is 5.73 Å². The summed E-state index contributed by atoms with van der Waals surface area (Å²) in [5.74, 6) is 0.762. The molecule has 0 fully saturated rings. The second-order valence-electron chi connectivity index (χ2n) is 6.34. The summed E-state index contributed by atoms with van der Waals surface area (Å²) in [6.45, 7) is 4.99. The third-order valence-corrected chi connectivity index (χ3v) is 5.56. The van der Waals surface area contributed by atoms with Crippen LogP contribution in [0, 0.1) is 6.92 Å². The summed E-state index contributed by atoms with van der Waals surface area (Å²) in [6.07, 6.45) is 3.99. The molecule has 0 amide bonds. The molecule has 2 N–H and O–H groups in total. The van der Waals surface area contributed by atoms with Gasteiger partial charge in [0.25, 0.3) is 0 Å². The number of anilines is 1. The van der Waals surface area contributed by atoms with Crippen molar-refractivity contribution in [3.63, 3.8) is 0 Å². The lowest BCUT2D eigenvalue weighted by Gasteiger charge is -2.07. The van der Waals surface area contributed by atoms with Gasteiger partial charge in [0, 0.05) is 44.8 Å². The van der Waals surface area contributed by atoms with E-state index < -0.39 is 0 Å². The van der Waals surface area contributed by atoms with Crippen LogP contribution in [0.1, 0.15) is 25.5 Å². The largest absolute Gasteiger partial charge is 0.399 e. The molecule has 26 heavy (non-hydrogen) atoms. The van der Waals surface area contributed by atoms with E-state index in [0.29, 0.717) is 0 Å². The maximum atomic E-state index is 5.91. The molecule has 6 nitrogen and oxygen atoms in total. The number of benzene rings is 1. The Bertz CT molecular complexity index is 1070. The quantitative estimate of drug-likeness (QED) is 0.534. The Labute approximate surface area is 155 Å². The van der Waals surface area contributed by atoms with Crippen molar-refractivity contribution in [3.05, 3.63) is 42.2 Å². The number of thiophene rings is 1. The first-order valence-corrected chi connectivity index (χ1v) is 9.50. The fourth-order valence-electron chi connectivity index (χ4n) is 2.97. The van der Waals surface area contributed by atoms with Crippen molar-refractivity contribution in [3.8, 4) is 21.8 Å². The van der Waals surface area contributed by atoms with E-state index in [2.05, 4.69) is 45.6 Å². The third-order valence-electron chi connectivity index (χ3n) is 4.41. The summed E-state index contributed by atoms with van der Waals surface area (Å²) >= 11 is 1.74. The highest BCUT2D eigenvalue weighted by molar-refractivity contribution is 7.22. The predicted octanol–water partition coefficient (Wildman–Crippen LogP) is 4.31. The van der Waals surface area contributed by atoms with E-state index in [0.717, 1.165) is 53.1 Å². The molecule has 0 aliphatic heterocycles. The molecule has 0 aliphatic carbocycles. The molecule has 0 bridgehead atoms. The van der Waals surface area contributed by atoms with Gasteiger partial charge in [0.2, 0.25) is 0 Å². The Morgan fingerprint density at radius 3 is 2.92 bits per heavy atom. The Kier molecular flexibility index (Phi) is 4.38. The summed E-state index contributed by atoms with van der Waals surface area (Å²) in [6, 6.07) is 10.3. The summed E-state index contributed by atoms with van der Waals surface area (Å²) < 4.78 is 3.07. The van der Waals surface area contributed by atoms with E-state index >= 15 is 0 Å². The molecule has 1 aromatic carbocycles. The van der Waals surface area contributed by atoms with Crippen molar-refractivity contribution in [1.29, 1.82) is 0 Å². The van der Waals surface area contributed by atoms with E-state index in [-0.39, 0.29) is 0 Å². The van der Waals surface area contributed by atoms with Crippen LogP contribution in [0.2, 0.25) is 0 Å². The third kappa shape index (κ3) is 3.06. The number of rotatable bonds is 5. The number of pyridine rings is 1. The van der Waals surface area contributed by atoms with Crippen LogP contribution in [0.4, 0.5) is 5.69 Å². The van der Waals surface area contributed by atoms with Crippen LogP contribution in [-0.4, -0.2) is 25.2 Å². The molecule has 7 heteroatoms. The second kappa shape index (κ2) is 6.84. The lowest BCUT2D eigenvalue weighted by atomic mass is 10.1. The van der Waals surface area contributed by atoms with Crippen LogP contribution in [0.25, 0.3) is 31.9 Å². The van der Waals surface area contributed by atoms with E-state index in [9.17, 15) is 0 Å². The van der Waals surface area contributed by atoms with E-state index in [1.54, 1.807) is 11.3 Å². The van der Waals surface area contributed by atoms with Crippen LogP contribution in [0.3, 0.4) is 0 Å². The highest BCUT2D eigenvalue weighted by atomic mass is 32.1. The number of aromatic nitrogens is 5. The first-order chi connectivity index (χ1) is 12.7. The fourth-order valence-corrected chi connectivity index (χ4v) is 4.08. The maximum absolute atomic E-state index is 5.91. The van der Waals surface area contributed by atoms with Crippen molar-refractivity contribution in [2.45, 2.75) is 33.2 Å². The van der Waals surface area contributed by atoms with Crippen molar-refractivity contribution in [2.75, 3.05) is 5.73 Å². The molecule has 0 saturated carbocycles. The number of fused-ring (bicyclic) bond motifs is 1. The minimum absolute atomic E-state index is 0.762. The molecule has 3 heterocycles. The van der Waals surface area contributed by atoms with Gasteiger partial charge < -0.3 is 5.73 Å². The maximum Gasteiger partial charge on any atom is 0.183 e. The minimum Gasteiger partial charge on any atom is -0.399 e. The van der Waals surface area contributed by atoms with Gasteiger partial charge in [-0.3, -0.25) is 4.98 Å². The molecule has 0 aliphatic rings. The monoisotopic (exact) mass is 364 g/mol. The van der Waals surface area contributed by atoms with Crippen LogP contribution in [0.5, 0.6) is 0 Å². The van der Waals surface area contributed by atoms with Gasteiger partial charge in [-0.2, -0.15) is 0 Å². The van der Waals surface area contributed by atoms with Gasteiger partial charge in [-0.1, -0.05) is 13.3 Å². The first kappa shape index (κ1) is 16.7. The zero-order chi connectivity index (χ0) is 18.1. The predicted molar refractivity (Wildman–Crippen MR) is 106 cm³/mol. The van der Waals surface area contributed by atoms with Gasteiger partial charge in [-0.05, 0) is 59.5 Å². The van der Waals surface area contributed by atoms with Crippen molar-refractivity contribution >= 4 is 27.1 Å². The average Bonchev–Trinajstić information content (AvgIpc) is 3.26. The molecule has 4 rings (SSSR count). The zero-order valence-electron chi connectivity index (χ0n) is 14.8. The van der Waals surface area contributed by atoms with Crippen LogP contribution < -0.4 is 5.73 Å². The zero-order valence-corrected chi connectivity index (χ0v) is 15.6. The number of nitrogens with two attached hydrogens (primary N) is 1. The minimum atomic E-state index is 0.762. The van der Waals surface area contributed by atoms with Crippen LogP contribution in [0.15, 0.2) is 36.5 Å². The van der Waals surface area contributed by atoms with Gasteiger partial charge in [-0.15, -0.1) is 16.4 Å². The van der Waals surface area contributed by atoms with Gasteiger partial charge in [0.1, 0.15) is 0 Å². The van der Waals surface area contributed by atoms with Crippen LogP contribution in [-0.2, 0) is 6.54 Å². The second-order valence-corrected chi connectivity index (χ2v) is 7.43. The highest BCUT2D eigenvalue weighted by Crippen LogP contribution is 2.36. The highest BCUT2D eigenvalue weighted by Gasteiger charge is 2.14. The number of nitrogen functional groups attached to an aromatic ring is 1. The standard InChI is InChI=1S/C19H20N6S/c1-3-4-7-25-19(22-23-24-25)14-9-16(12(2)21-11-14)18-10-13-8-15(20)5-6-17(13)26-18/h5-6,8-11H,3-4,7,20H2,1-2H3. The SMILES string of the molecule is CCCCn1nnnc1-c1cnc(C)c(-c2cc3cc(N)ccc3s2)c1. The Hall–Kier alpha value is -2.80. The first-order valence-electron chi connectivity index (χ1n) is 8.68. The Morgan fingerprint density at radius 2 is 2.08 bits per heavy atom. The summed E-state index contributed by atoms with van der Waals surface area (Å²) in [7, 11) is 0. The van der Waals surface area contributed by atoms with Gasteiger partial charge in [-0.25, -0.2) is 4.68 Å². The average molecular weight is 364 g/mol. The number of hydrogen-bond donors (Lipinski definition) is 1. The number of unbranched alkanes of at least 4 members (excludes halogenated alkanes) is 1. The molecule has 0 radical (unpaired) electrons. The fraction of sp³-hybridized carbons (Fsp3) is 0.263. The van der Waals surface area contributed by atoms with Crippen molar-refractivity contribution in [1.82, 2.24) is 25.2 Å². The van der Waals surface area contributed by atoms with Crippen LogP contribution >= 0.6 is 11.3 Å². The Balaban J connectivity index is 1.78. The number of nitrogens with zero attached hydrogens (tertiary/aromatic N) is 5. The molecule has 4 aromatic rings. The Morgan fingerprint density at radius 1 is 1.19 bits per heavy atom. The molecule has 0 atom stereocenters. The number of aryl methyl sites for hydroxylation is 2. The summed E-state index contributed by atoms with van der Waals surface area (Å²) in [5.41, 5.74) is 9.72. The van der Waals surface area contributed by atoms with Gasteiger partial charge >= 0.3 is 0 Å². The molecule has 3 aromatic heterocycles. The molecular weight excluding hydrogens is 344 g/mol. The van der Waals surface area contributed by atoms with E-state index in [1.165, 1.54) is 9.58 Å². The molecular formula is C19H20N6S. The smallest absolute Gasteiger partial charge is 0.183 e. The topological polar surface area (TPSA) is 82.5 Å². The molecule has 0 spiro atoms. The van der Waals surface area contributed by atoms with E-state index in [1.807, 2.05) is 29.9 Å².